The van der Waals surface area contributed by atoms with Crippen LogP contribution < -0.4 is 9.80 Å². The molecule has 0 radical (unpaired) electrons. The number of amides is 3. The summed E-state index contributed by atoms with van der Waals surface area (Å²) in [6.07, 6.45) is 0. The van der Waals surface area contributed by atoms with Crippen molar-refractivity contribution in [2.24, 2.45) is 0 Å². The van der Waals surface area contributed by atoms with E-state index >= 15 is 0 Å². The molecule has 0 bridgehead atoms. The minimum absolute atomic E-state index is 0.00697. The number of anilines is 2. The molecule has 0 atom stereocenters. The van der Waals surface area contributed by atoms with E-state index in [4.69, 9.17) is 23.2 Å². The maximum absolute atomic E-state index is 12.5. The van der Waals surface area contributed by atoms with Gasteiger partial charge in [-0.05, 0) is 42.5 Å². The molecule has 4 nitrogen and oxygen atoms in total. The highest BCUT2D eigenvalue weighted by Crippen LogP contribution is 2.28. The Morgan fingerprint density at radius 2 is 1.57 bits per heavy atom. The maximum atomic E-state index is 12.5. The number of carbonyl (C=O) groups is 2. The number of nitrogens with zero attached hydrogens (tertiary/aromatic N) is 2. The van der Waals surface area contributed by atoms with Crippen LogP contribution in [0.15, 0.2) is 48.5 Å². The fraction of sp³-hybridized carbons (Fsp3) is 0.0667. The van der Waals surface area contributed by atoms with Gasteiger partial charge < -0.3 is 0 Å². The van der Waals surface area contributed by atoms with E-state index < -0.39 is 6.03 Å². The fourth-order valence-corrected chi connectivity index (χ4v) is 2.50. The zero-order valence-electron chi connectivity index (χ0n) is 10.8. The number of rotatable bonds is 2. The van der Waals surface area contributed by atoms with Crippen molar-refractivity contribution in [1.82, 2.24) is 0 Å². The lowest BCUT2D eigenvalue weighted by atomic mass is 10.3. The molecule has 2 aromatic carbocycles. The topological polar surface area (TPSA) is 40.6 Å². The quantitative estimate of drug-likeness (QED) is 0.785. The Morgan fingerprint density at radius 3 is 2.24 bits per heavy atom. The Hall–Kier alpha value is -2.04. The van der Waals surface area contributed by atoms with Gasteiger partial charge in [0, 0.05) is 15.7 Å². The Kier molecular flexibility index (Phi) is 3.57. The van der Waals surface area contributed by atoms with Gasteiger partial charge in [0.1, 0.15) is 6.54 Å². The molecule has 3 amide bonds. The fourth-order valence-electron chi connectivity index (χ4n) is 2.19. The lowest BCUT2D eigenvalue weighted by Crippen LogP contribution is -2.32. The van der Waals surface area contributed by atoms with E-state index in [0.717, 1.165) is 4.90 Å². The molecule has 0 spiro atoms. The first-order valence-electron chi connectivity index (χ1n) is 6.22. The molecule has 21 heavy (non-hydrogen) atoms. The van der Waals surface area contributed by atoms with E-state index in [1.165, 1.54) is 4.90 Å². The summed E-state index contributed by atoms with van der Waals surface area (Å²) < 4.78 is 0. The van der Waals surface area contributed by atoms with Gasteiger partial charge >= 0.3 is 6.03 Å². The predicted octanol–water partition coefficient (Wildman–Crippen LogP) is 3.97. The van der Waals surface area contributed by atoms with Gasteiger partial charge in [-0.1, -0.05) is 29.3 Å². The monoisotopic (exact) mass is 320 g/mol. The second kappa shape index (κ2) is 5.39. The second-order valence-corrected chi connectivity index (χ2v) is 5.43. The number of imide groups is 1. The molecule has 0 saturated carbocycles. The van der Waals surface area contributed by atoms with Crippen molar-refractivity contribution in [2.45, 2.75) is 0 Å². The Balaban J connectivity index is 1.94. The van der Waals surface area contributed by atoms with Gasteiger partial charge in [0.25, 0.3) is 5.91 Å². The van der Waals surface area contributed by atoms with Crippen LogP contribution in [0.2, 0.25) is 10.0 Å². The molecule has 1 aliphatic heterocycles. The lowest BCUT2D eigenvalue weighted by molar-refractivity contribution is -0.115. The summed E-state index contributed by atoms with van der Waals surface area (Å²) in [4.78, 5) is 27.1. The highest BCUT2D eigenvalue weighted by Gasteiger charge is 2.37. The van der Waals surface area contributed by atoms with Crippen LogP contribution in [0.25, 0.3) is 0 Å². The molecule has 3 rings (SSSR count). The second-order valence-electron chi connectivity index (χ2n) is 4.55. The minimum atomic E-state index is -0.399. The van der Waals surface area contributed by atoms with Gasteiger partial charge in [0.15, 0.2) is 0 Å². The number of carbonyl (C=O) groups excluding carboxylic acids is 2. The maximum Gasteiger partial charge on any atom is 0.336 e. The average molecular weight is 321 g/mol. The molecular weight excluding hydrogens is 311 g/mol. The van der Waals surface area contributed by atoms with Crippen molar-refractivity contribution in [2.75, 3.05) is 16.3 Å². The largest absolute Gasteiger partial charge is 0.336 e. The van der Waals surface area contributed by atoms with E-state index in [-0.39, 0.29) is 12.5 Å². The van der Waals surface area contributed by atoms with Crippen molar-refractivity contribution >= 4 is 46.5 Å². The molecule has 1 heterocycles. The number of urea groups is 1. The Bertz CT molecular complexity index is 716. The zero-order chi connectivity index (χ0) is 15.0. The van der Waals surface area contributed by atoms with Crippen molar-refractivity contribution < 1.29 is 9.59 Å². The minimum Gasteiger partial charge on any atom is -0.284 e. The third-order valence-electron chi connectivity index (χ3n) is 3.17. The smallest absolute Gasteiger partial charge is 0.284 e. The summed E-state index contributed by atoms with van der Waals surface area (Å²) in [7, 11) is 0. The molecule has 1 fully saturated rings. The van der Waals surface area contributed by atoms with Crippen LogP contribution >= 0.6 is 23.2 Å². The van der Waals surface area contributed by atoms with Crippen LogP contribution in [-0.2, 0) is 4.79 Å². The average Bonchev–Trinajstić information content (AvgIpc) is 2.75. The van der Waals surface area contributed by atoms with E-state index in [1.54, 1.807) is 48.5 Å². The molecule has 6 heteroatoms. The third kappa shape index (κ3) is 2.60. The van der Waals surface area contributed by atoms with Gasteiger partial charge in [-0.3, -0.25) is 9.69 Å². The number of hydrogen-bond acceptors (Lipinski definition) is 2. The normalized spacial score (nSPS) is 15.0. The highest BCUT2D eigenvalue weighted by molar-refractivity contribution is 6.32. The molecule has 1 saturated heterocycles. The first-order valence-corrected chi connectivity index (χ1v) is 6.97. The molecule has 106 valence electrons. The van der Waals surface area contributed by atoms with Crippen LogP contribution in [0.5, 0.6) is 0 Å². The molecular formula is C15H10Cl2N2O2. The molecule has 0 N–H and O–H groups in total. The van der Waals surface area contributed by atoms with Crippen molar-refractivity contribution in [3.05, 3.63) is 58.6 Å². The summed E-state index contributed by atoms with van der Waals surface area (Å²) in [5.41, 5.74) is 1.09. The van der Waals surface area contributed by atoms with Crippen LogP contribution in [0.4, 0.5) is 16.2 Å². The van der Waals surface area contributed by atoms with Crippen LogP contribution in [-0.4, -0.2) is 18.5 Å². The molecule has 0 aromatic heterocycles. The van der Waals surface area contributed by atoms with E-state index in [2.05, 4.69) is 0 Å². The van der Waals surface area contributed by atoms with Gasteiger partial charge in [-0.25, -0.2) is 9.69 Å². The van der Waals surface area contributed by atoms with Crippen molar-refractivity contribution in [3.8, 4) is 0 Å². The van der Waals surface area contributed by atoms with Crippen LogP contribution in [0.3, 0.4) is 0 Å². The lowest BCUT2D eigenvalue weighted by Gasteiger charge is -2.17. The van der Waals surface area contributed by atoms with E-state index in [1.807, 2.05) is 0 Å². The number of benzene rings is 2. The predicted molar refractivity (Wildman–Crippen MR) is 83.1 cm³/mol. The molecule has 2 aromatic rings. The summed E-state index contributed by atoms with van der Waals surface area (Å²) in [6.45, 7) is -0.00697. The summed E-state index contributed by atoms with van der Waals surface area (Å²) in [5.74, 6) is -0.294. The first kappa shape index (κ1) is 13.9. The first-order chi connectivity index (χ1) is 10.1. The van der Waals surface area contributed by atoms with Gasteiger partial charge in [0.2, 0.25) is 0 Å². The molecule has 1 aliphatic rings. The Morgan fingerprint density at radius 1 is 0.857 bits per heavy atom. The summed E-state index contributed by atoms with van der Waals surface area (Å²) >= 11 is 11.7. The standard InChI is InChI=1S/C15H10Cl2N2O2/c16-10-4-6-12(7-5-10)18-9-14(20)19(15(18)21)13-3-1-2-11(17)8-13/h1-8H,9H2. The third-order valence-corrected chi connectivity index (χ3v) is 3.66. The zero-order valence-corrected chi connectivity index (χ0v) is 12.3. The molecule has 0 unspecified atom stereocenters. The van der Waals surface area contributed by atoms with Gasteiger partial charge in [0.05, 0.1) is 5.69 Å². The number of hydrogen-bond donors (Lipinski definition) is 0. The van der Waals surface area contributed by atoms with Gasteiger partial charge in [-0.2, -0.15) is 0 Å². The summed E-state index contributed by atoms with van der Waals surface area (Å²) in [5, 5.41) is 1.04. The van der Waals surface area contributed by atoms with Crippen LogP contribution in [0.1, 0.15) is 0 Å². The Labute approximate surface area is 131 Å². The molecule has 0 aliphatic carbocycles. The van der Waals surface area contributed by atoms with E-state index in [9.17, 15) is 9.59 Å². The van der Waals surface area contributed by atoms with Crippen molar-refractivity contribution in [3.63, 3.8) is 0 Å². The van der Waals surface area contributed by atoms with Crippen LogP contribution in [0, 0.1) is 0 Å². The summed E-state index contributed by atoms with van der Waals surface area (Å²) in [6, 6.07) is 13.0. The number of halogens is 2. The van der Waals surface area contributed by atoms with E-state index in [0.29, 0.717) is 21.4 Å². The highest BCUT2D eigenvalue weighted by atomic mass is 35.5. The van der Waals surface area contributed by atoms with Gasteiger partial charge in [-0.15, -0.1) is 0 Å². The SMILES string of the molecule is O=C1CN(c2ccc(Cl)cc2)C(=O)N1c1cccc(Cl)c1. The van der Waals surface area contributed by atoms with Crippen molar-refractivity contribution in [1.29, 1.82) is 0 Å².